The molecule has 4 rings (SSSR count). The molecule has 9 heteroatoms. The molecule has 3 heterocycles. The van der Waals surface area contributed by atoms with Gasteiger partial charge in [0.15, 0.2) is 0 Å². The Morgan fingerprint density at radius 2 is 2.07 bits per heavy atom. The SMILES string of the molecule is Cn1nc2ccc(OCc3ccccn3)cc2c1C(=O)NC1(C(N)=O)CCOCC1. The molecule has 2 amide bonds. The summed E-state index contributed by atoms with van der Waals surface area (Å²) in [6.07, 6.45) is 2.38. The van der Waals surface area contributed by atoms with Gasteiger partial charge in [-0.05, 0) is 30.3 Å². The van der Waals surface area contributed by atoms with Crippen molar-refractivity contribution in [2.75, 3.05) is 13.2 Å². The van der Waals surface area contributed by atoms with Crippen molar-refractivity contribution in [2.45, 2.75) is 25.0 Å². The summed E-state index contributed by atoms with van der Waals surface area (Å²) in [6.45, 7) is 1.03. The Morgan fingerprint density at radius 1 is 1.27 bits per heavy atom. The zero-order valence-corrected chi connectivity index (χ0v) is 16.6. The maximum absolute atomic E-state index is 13.1. The zero-order valence-electron chi connectivity index (χ0n) is 16.6. The molecule has 0 saturated carbocycles. The van der Waals surface area contributed by atoms with Gasteiger partial charge < -0.3 is 20.5 Å². The Balaban J connectivity index is 1.60. The number of ether oxygens (including phenoxy) is 2. The second kappa shape index (κ2) is 8.11. The molecule has 1 fully saturated rings. The van der Waals surface area contributed by atoms with Gasteiger partial charge in [-0.25, -0.2) is 0 Å². The highest BCUT2D eigenvalue weighted by molar-refractivity contribution is 6.07. The summed E-state index contributed by atoms with van der Waals surface area (Å²) in [4.78, 5) is 29.5. The lowest BCUT2D eigenvalue weighted by molar-refractivity contribution is -0.127. The van der Waals surface area contributed by atoms with Crippen molar-refractivity contribution < 1.29 is 19.1 Å². The molecule has 3 aromatic rings. The van der Waals surface area contributed by atoms with E-state index in [0.29, 0.717) is 55.0 Å². The van der Waals surface area contributed by atoms with E-state index in [-0.39, 0.29) is 0 Å². The molecule has 0 unspecified atom stereocenters. The van der Waals surface area contributed by atoms with Crippen LogP contribution in [0.3, 0.4) is 0 Å². The first-order chi connectivity index (χ1) is 14.5. The number of hydrogen-bond donors (Lipinski definition) is 2. The number of carbonyl (C=O) groups is 2. The molecule has 1 aliphatic heterocycles. The first-order valence-corrected chi connectivity index (χ1v) is 9.68. The van der Waals surface area contributed by atoms with Gasteiger partial charge in [0.1, 0.15) is 23.6 Å². The van der Waals surface area contributed by atoms with E-state index in [1.54, 1.807) is 31.4 Å². The molecule has 0 bridgehead atoms. The Kier molecular flexibility index (Phi) is 5.37. The highest BCUT2D eigenvalue weighted by Crippen LogP contribution is 2.26. The number of primary amides is 1. The molecule has 0 atom stereocenters. The van der Waals surface area contributed by atoms with Crippen LogP contribution in [0.25, 0.3) is 10.9 Å². The van der Waals surface area contributed by atoms with E-state index in [9.17, 15) is 9.59 Å². The average molecular weight is 409 g/mol. The third-order valence-corrected chi connectivity index (χ3v) is 5.30. The van der Waals surface area contributed by atoms with Crippen LogP contribution in [-0.4, -0.2) is 45.3 Å². The van der Waals surface area contributed by atoms with Gasteiger partial charge in [0, 0.05) is 44.7 Å². The number of aryl methyl sites for hydroxylation is 1. The monoisotopic (exact) mass is 409 g/mol. The summed E-state index contributed by atoms with van der Waals surface area (Å²) in [5.41, 5.74) is 6.27. The predicted molar refractivity (Wildman–Crippen MR) is 109 cm³/mol. The minimum absolute atomic E-state index is 0.304. The lowest BCUT2D eigenvalue weighted by atomic mass is 9.89. The van der Waals surface area contributed by atoms with Gasteiger partial charge in [0.2, 0.25) is 5.91 Å². The molecule has 0 spiro atoms. The molecule has 2 aromatic heterocycles. The number of hydrogen-bond acceptors (Lipinski definition) is 6. The summed E-state index contributed by atoms with van der Waals surface area (Å²) in [6, 6.07) is 11.0. The maximum Gasteiger partial charge on any atom is 0.271 e. The molecule has 30 heavy (non-hydrogen) atoms. The van der Waals surface area contributed by atoms with E-state index >= 15 is 0 Å². The fourth-order valence-corrected chi connectivity index (χ4v) is 3.61. The molecular formula is C21H23N5O4. The average Bonchev–Trinajstić information content (AvgIpc) is 3.08. The summed E-state index contributed by atoms with van der Waals surface area (Å²) >= 11 is 0. The number of carbonyl (C=O) groups excluding carboxylic acids is 2. The first kappa shape index (κ1) is 19.8. The quantitative estimate of drug-likeness (QED) is 0.633. The molecule has 3 N–H and O–H groups in total. The van der Waals surface area contributed by atoms with Crippen molar-refractivity contribution in [1.82, 2.24) is 20.1 Å². The molecule has 0 aliphatic carbocycles. The highest BCUT2D eigenvalue weighted by atomic mass is 16.5. The van der Waals surface area contributed by atoms with Gasteiger partial charge in [0.05, 0.1) is 11.2 Å². The number of pyridine rings is 1. The topological polar surface area (TPSA) is 121 Å². The number of rotatable bonds is 6. The Bertz CT molecular complexity index is 1070. The zero-order chi connectivity index (χ0) is 21.1. The van der Waals surface area contributed by atoms with Crippen molar-refractivity contribution >= 4 is 22.7 Å². The van der Waals surface area contributed by atoms with Crippen LogP contribution in [0.5, 0.6) is 5.75 Å². The van der Waals surface area contributed by atoms with Crippen molar-refractivity contribution in [1.29, 1.82) is 0 Å². The van der Waals surface area contributed by atoms with Crippen molar-refractivity contribution in [3.8, 4) is 5.75 Å². The fourth-order valence-electron chi connectivity index (χ4n) is 3.61. The lowest BCUT2D eigenvalue weighted by Gasteiger charge is -2.34. The van der Waals surface area contributed by atoms with E-state index in [1.807, 2.05) is 18.2 Å². The normalized spacial score (nSPS) is 15.6. The Labute approximate surface area is 173 Å². The van der Waals surface area contributed by atoms with Gasteiger partial charge >= 0.3 is 0 Å². The number of benzene rings is 1. The van der Waals surface area contributed by atoms with E-state index in [4.69, 9.17) is 15.2 Å². The number of aromatic nitrogens is 3. The van der Waals surface area contributed by atoms with Crippen LogP contribution >= 0.6 is 0 Å². The minimum atomic E-state index is -1.13. The van der Waals surface area contributed by atoms with E-state index in [2.05, 4.69) is 15.4 Å². The lowest BCUT2D eigenvalue weighted by Crippen LogP contribution is -2.60. The molecule has 0 radical (unpaired) electrons. The molecule has 1 aliphatic rings. The molecule has 9 nitrogen and oxygen atoms in total. The van der Waals surface area contributed by atoms with Gasteiger partial charge in [-0.1, -0.05) is 6.07 Å². The smallest absolute Gasteiger partial charge is 0.271 e. The van der Waals surface area contributed by atoms with Gasteiger partial charge in [-0.3, -0.25) is 19.3 Å². The summed E-state index contributed by atoms with van der Waals surface area (Å²) in [5, 5.41) is 7.87. The second-order valence-electron chi connectivity index (χ2n) is 7.27. The van der Waals surface area contributed by atoms with Crippen molar-refractivity contribution in [2.24, 2.45) is 12.8 Å². The Hall–Kier alpha value is -3.46. The summed E-state index contributed by atoms with van der Waals surface area (Å²) in [5.74, 6) is -0.390. The highest BCUT2D eigenvalue weighted by Gasteiger charge is 2.40. The van der Waals surface area contributed by atoms with Crippen LogP contribution in [0.15, 0.2) is 42.6 Å². The summed E-state index contributed by atoms with van der Waals surface area (Å²) in [7, 11) is 1.68. The van der Waals surface area contributed by atoms with Crippen LogP contribution in [0.2, 0.25) is 0 Å². The molecular weight excluding hydrogens is 386 g/mol. The van der Waals surface area contributed by atoms with Gasteiger partial charge in [0.25, 0.3) is 5.91 Å². The number of fused-ring (bicyclic) bond motifs is 1. The Morgan fingerprint density at radius 3 is 2.77 bits per heavy atom. The second-order valence-corrected chi connectivity index (χ2v) is 7.27. The van der Waals surface area contributed by atoms with E-state index < -0.39 is 17.4 Å². The van der Waals surface area contributed by atoms with Crippen LogP contribution in [0.4, 0.5) is 0 Å². The predicted octanol–water partition coefficient (Wildman–Crippen LogP) is 1.31. The third-order valence-electron chi connectivity index (χ3n) is 5.30. The van der Waals surface area contributed by atoms with Gasteiger partial charge in [-0.2, -0.15) is 5.10 Å². The number of amides is 2. The minimum Gasteiger partial charge on any atom is -0.487 e. The van der Waals surface area contributed by atoms with Crippen LogP contribution < -0.4 is 15.8 Å². The number of nitrogens with two attached hydrogens (primary N) is 1. The molecule has 1 saturated heterocycles. The fraction of sp³-hybridized carbons (Fsp3) is 0.333. The summed E-state index contributed by atoms with van der Waals surface area (Å²) < 4.78 is 12.6. The van der Waals surface area contributed by atoms with Crippen molar-refractivity contribution in [3.05, 3.63) is 54.0 Å². The third kappa shape index (κ3) is 3.84. The number of nitrogens with zero attached hydrogens (tertiary/aromatic N) is 3. The van der Waals surface area contributed by atoms with Crippen LogP contribution in [0, 0.1) is 0 Å². The molecule has 1 aromatic carbocycles. The maximum atomic E-state index is 13.1. The van der Waals surface area contributed by atoms with Crippen molar-refractivity contribution in [3.63, 3.8) is 0 Å². The van der Waals surface area contributed by atoms with Gasteiger partial charge in [-0.15, -0.1) is 0 Å². The first-order valence-electron chi connectivity index (χ1n) is 9.68. The molecule has 156 valence electrons. The van der Waals surface area contributed by atoms with Crippen LogP contribution in [0.1, 0.15) is 29.0 Å². The van der Waals surface area contributed by atoms with E-state index in [1.165, 1.54) is 4.68 Å². The standard InChI is InChI=1S/C21H23N5O4/c1-26-18(19(27)24-21(20(22)28)7-10-29-11-8-21)16-12-15(5-6-17(16)25-26)30-13-14-4-2-3-9-23-14/h2-6,9,12H,7-8,10-11,13H2,1H3,(H2,22,28)(H,24,27). The van der Waals surface area contributed by atoms with Crippen LogP contribution in [-0.2, 0) is 23.2 Å². The number of nitrogens with one attached hydrogen (secondary N) is 1. The van der Waals surface area contributed by atoms with E-state index in [0.717, 1.165) is 5.69 Å². The largest absolute Gasteiger partial charge is 0.487 e.